The minimum absolute atomic E-state index is 0.145. The van der Waals surface area contributed by atoms with Gasteiger partial charge in [-0.1, -0.05) is 0 Å². The lowest BCUT2D eigenvalue weighted by Crippen LogP contribution is -2.12. The third-order valence-electron chi connectivity index (χ3n) is 2.08. The lowest BCUT2D eigenvalue weighted by atomic mass is 10.2. The predicted molar refractivity (Wildman–Crippen MR) is 55.5 cm³/mol. The lowest BCUT2D eigenvalue weighted by Gasteiger charge is -2.02. The van der Waals surface area contributed by atoms with Crippen molar-refractivity contribution in [2.45, 2.75) is 33.2 Å². The first kappa shape index (κ1) is 11.8. The maximum atomic E-state index is 11.5. The second-order valence-corrected chi connectivity index (χ2v) is 3.15. The number of ether oxygens (including phenoxy) is 1. The molecular formula is C10H17N3O2. The highest BCUT2D eigenvalue weighted by molar-refractivity contribution is 5.80. The molecule has 0 aliphatic carbocycles. The molecular weight excluding hydrogens is 194 g/mol. The fourth-order valence-electron chi connectivity index (χ4n) is 1.28. The predicted octanol–water partition coefficient (Wildman–Crippen LogP) is 0.836. The van der Waals surface area contributed by atoms with Gasteiger partial charge < -0.3 is 4.74 Å². The molecule has 0 N–H and O–H groups in total. The van der Waals surface area contributed by atoms with Gasteiger partial charge in [-0.3, -0.25) is 4.79 Å². The highest BCUT2D eigenvalue weighted by Gasteiger charge is 2.08. The Bertz CT molecular complexity index is 309. The van der Waals surface area contributed by atoms with Crippen molar-refractivity contribution in [3.63, 3.8) is 0 Å². The number of carbonyl (C=O) groups excluding carboxylic acids is 1. The smallest absolute Gasteiger partial charge is 0.142 e. The zero-order chi connectivity index (χ0) is 11.1. The highest BCUT2D eigenvalue weighted by Crippen LogP contribution is 1.98. The van der Waals surface area contributed by atoms with Crippen molar-refractivity contribution in [1.82, 2.24) is 14.8 Å². The number of hydrogen-bond donors (Lipinski definition) is 0. The molecule has 84 valence electrons. The summed E-state index contributed by atoms with van der Waals surface area (Å²) in [5.41, 5.74) is 0. The molecule has 1 aromatic rings. The van der Waals surface area contributed by atoms with Crippen molar-refractivity contribution < 1.29 is 9.53 Å². The van der Waals surface area contributed by atoms with E-state index in [2.05, 4.69) is 10.1 Å². The van der Waals surface area contributed by atoms with Crippen LogP contribution < -0.4 is 0 Å². The van der Waals surface area contributed by atoms with Crippen LogP contribution in [0, 0.1) is 0 Å². The van der Waals surface area contributed by atoms with Crippen LogP contribution in [0.4, 0.5) is 0 Å². The maximum Gasteiger partial charge on any atom is 0.142 e. The van der Waals surface area contributed by atoms with Gasteiger partial charge in [-0.05, 0) is 13.8 Å². The van der Waals surface area contributed by atoms with Gasteiger partial charge in [0.1, 0.15) is 17.9 Å². The Labute approximate surface area is 89.5 Å². The van der Waals surface area contributed by atoms with E-state index < -0.39 is 0 Å². The molecule has 15 heavy (non-hydrogen) atoms. The van der Waals surface area contributed by atoms with Gasteiger partial charge in [-0.15, -0.1) is 0 Å². The average Bonchev–Trinajstić information content (AvgIpc) is 2.65. The highest BCUT2D eigenvalue weighted by atomic mass is 16.5. The van der Waals surface area contributed by atoms with E-state index in [1.807, 2.05) is 13.8 Å². The van der Waals surface area contributed by atoms with Crippen LogP contribution in [0.25, 0.3) is 0 Å². The Morgan fingerprint density at radius 2 is 2.33 bits per heavy atom. The first-order valence-corrected chi connectivity index (χ1v) is 5.24. The van der Waals surface area contributed by atoms with Crippen LogP contribution in [0.15, 0.2) is 6.33 Å². The van der Waals surface area contributed by atoms with E-state index in [9.17, 15) is 4.79 Å². The molecule has 5 heteroatoms. The van der Waals surface area contributed by atoms with E-state index in [4.69, 9.17) is 4.74 Å². The van der Waals surface area contributed by atoms with Gasteiger partial charge >= 0.3 is 0 Å². The Morgan fingerprint density at radius 1 is 1.53 bits per heavy atom. The molecule has 0 unspecified atom stereocenters. The molecule has 0 spiro atoms. The van der Waals surface area contributed by atoms with E-state index in [1.54, 1.807) is 4.68 Å². The van der Waals surface area contributed by atoms with E-state index in [1.165, 1.54) is 6.33 Å². The molecule has 0 fully saturated rings. The van der Waals surface area contributed by atoms with Crippen molar-refractivity contribution >= 4 is 5.78 Å². The second-order valence-electron chi connectivity index (χ2n) is 3.15. The van der Waals surface area contributed by atoms with Gasteiger partial charge in [-0.25, -0.2) is 9.67 Å². The summed E-state index contributed by atoms with van der Waals surface area (Å²) < 4.78 is 6.85. The number of aromatic nitrogens is 3. The molecule has 0 bridgehead atoms. The summed E-state index contributed by atoms with van der Waals surface area (Å²) in [5, 5.41) is 4.01. The molecule has 0 radical (unpaired) electrons. The van der Waals surface area contributed by atoms with E-state index >= 15 is 0 Å². The molecule has 0 aromatic carbocycles. The quantitative estimate of drug-likeness (QED) is 0.627. The first-order chi connectivity index (χ1) is 7.27. The van der Waals surface area contributed by atoms with E-state index in [0.29, 0.717) is 26.1 Å². The van der Waals surface area contributed by atoms with Gasteiger partial charge in [0.2, 0.25) is 0 Å². The van der Waals surface area contributed by atoms with Crippen LogP contribution in [0.3, 0.4) is 0 Å². The number of carbonyl (C=O) groups is 1. The third-order valence-corrected chi connectivity index (χ3v) is 2.08. The van der Waals surface area contributed by atoms with E-state index in [0.717, 1.165) is 12.4 Å². The van der Waals surface area contributed by atoms with E-state index in [-0.39, 0.29) is 5.78 Å². The van der Waals surface area contributed by atoms with Gasteiger partial charge in [0.15, 0.2) is 0 Å². The lowest BCUT2D eigenvalue weighted by molar-refractivity contribution is -0.119. The number of nitrogens with zero attached hydrogens (tertiary/aromatic N) is 3. The Kier molecular flexibility index (Phi) is 4.97. The molecule has 0 aliphatic heterocycles. The summed E-state index contributed by atoms with van der Waals surface area (Å²) in [4.78, 5) is 15.5. The molecule has 1 rings (SSSR count). The molecule has 5 nitrogen and oxygen atoms in total. The molecule has 0 saturated carbocycles. The van der Waals surface area contributed by atoms with Crippen molar-refractivity contribution in [2.75, 3.05) is 13.2 Å². The van der Waals surface area contributed by atoms with Crippen LogP contribution in [-0.4, -0.2) is 33.8 Å². The van der Waals surface area contributed by atoms with Crippen LogP contribution in [0.5, 0.6) is 0 Å². The number of ketones is 1. The van der Waals surface area contributed by atoms with Crippen molar-refractivity contribution in [2.24, 2.45) is 0 Å². The van der Waals surface area contributed by atoms with Gasteiger partial charge in [0.05, 0.1) is 13.0 Å². The molecule has 0 amide bonds. The molecule has 1 heterocycles. The molecule has 0 aliphatic rings. The summed E-state index contributed by atoms with van der Waals surface area (Å²) in [6, 6.07) is 0. The molecule has 0 saturated heterocycles. The van der Waals surface area contributed by atoms with Crippen LogP contribution in [-0.2, 0) is 22.5 Å². The van der Waals surface area contributed by atoms with Crippen LogP contribution in [0.2, 0.25) is 0 Å². The van der Waals surface area contributed by atoms with Crippen molar-refractivity contribution in [3.8, 4) is 0 Å². The zero-order valence-electron chi connectivity index (χ0n) is 9.27. The number of hydrogen-bond acceptors (Lipinski definition) is 4. The minimum atomic E-state index is 0.145. The third kappa shape index (κ3) is 3.79. The minimum Gasteiger partial charge on any atom is -0.381 e. The Balaban J connectivity index is 2.37. The maximum absolute atomic E-state index is 11.5. The van der Waals surface area contributed by atoms with Crippen LogP contribution in [0.1, 0.15) is 26.1 Å². The van der Waals surface area contributed by atoms with Crippen molar-refractivity contribution in [1.29, 1.82) is 0 Å². The first-order valence-electron chi connectivity index (χ1n) is 5.24. The van der Waals surface area contributed by atoms with Crippen LogP contribution >= 0.6 is 0 Å². The van der Waals surface area contributed by atoms with Gasteiger partial charge in [0, 0.05) is 19.6 Å². The normalized spacial score (nSPS) is 10.5. The number of Topliss-reactive ketones (excluding diaryl/α,β-unsaturated/α-hetero) is 1. The summed E-state index contributed by atoms with van der Waals surface area (Å²) in [7, 11) is 0. The molecule has 1 aromatic heterocycles. The number of rotatable bonds is 7. The SMILES string of the molecule is CCOCCC(=O)Cc1ncnn1CC. The summed E-state index contributed by atoms with van der Waals surface area (Å²) in [6.45, 7) is 5.78. The van der Waals surface area contributed by atoms with Crippen molar-refractivity contribution in [3.05, 3.63) is 12.2 Å². The fourth-order valence-corrected chi connectivity index (χ4v) is 1.28. The second kappa shape index (κ2) is 6.29. The van der Waals surface area contributed by atoms with Gasteiger partial charge in [-0.2, -0.15) is 5.10 Å². The summed E-state index contributed by atoms with van der Waals surface area (Å²) in [6.07, 6.45) is 2.28. The monoisotopic (exact) mass is 211 g/mol. The summed E-state index contributed by atoms with van der Waals surface area (Å²) >= 11 is 0. The fraction of sp³-hybridized carbons (Fsp3) is 0.700. The average molecular weight is 211 g/mol. The Hall–Kier alpha value is -1.23. The standard InChI is InChI=1S/C10H17N3O2/c1-3-13-10(11-8-12-13)7-9(14)5-6-15-4-2/h8H,3-7H2,1-2H3. The molecule has 0 atom stereocenters. The van der Waals surface area contributed by atoms with Gasteiger partial charge in [0.25, 0.3) is 0 Å². The topological polar surface area (TPSA) is 57.0 Å². The number of aryl methyl sites for hydroxylation is 1. The Morgan fingerprint density at radius 3 is 3.00 bits per heavy atom. The largest absolute Gasteiger partial charge is 0.381 e. The summed E-state index contributed by atoms with van der Waals surface area (Å²) in [5.74, 6) is 0.880. The zero-order valence-corrected chi connectivity index (χ0v) is 9.27.